The van der Waals surface area contributed by atoms with Crippen molar-refractivity contribution in [3.8, 4) is 0 Å². The van der Waals surface area contributed by atoms with E-state index in [4.69, 9.17) is 5.11 Å². The first kappa shape index (κ1) is 11.9. The number of carboxylic acid groups (broad SMARTS) is 1. The Morgan fingerprint density at radius 1 is 1.31 bits per heavy atom. The first-order chi connectivity index (χ1) is 7.48. The van der Waals surface area contributed by atoms with Crippen LogP contribution in [0.3, 0.4) is 0 Å². The van der Waals surface area contributed by atoms with Gasteiger partial charge in [-0.1, -0.05) is 0 Å². The molecule has 2 fully saturated rings. The van der Waals surface area contributed by atoms with Gasteiger partial charge in [-0.05, 0) is 25.8 Å². The Kier molecular flexibility index (Phi) is 3.21. The molecule has 0 aromatic rings. The van der Waals surface area contributed by atoms with E-state index in [1.165, 1.54) is 0 Å². The highest BCUT2D eigenvalue weighted by Crippen LogP contribution is 2.24. The summed E-state index contributed by atoms with van der Waals surface area (Å²) < 4.78 is 22.7. The van der Waals surface area contributed by atoms with Gasteiger partial charge in [0.05, 0.1) is 17.4 Å². The van der Waals surface area contributed by atoms with Crippen molar-refractivity contribution in [2.45, 2.75) is 25.3 Å². The van der Waals surface area contributed by atoms with E-state index in [9.17, 15) is 13.2 Å². The average Bonchev–Trinajstić information content (AvgIpc) is 2.59. The molecule has 16 heavy (non-hydrogen) atoms. The molecular weight excluding hydrogens is 230 g/mol. The van der Waals surface area contributed by atoms with Crippen molar-refractivity contribution in [1.82, 2.24) is 4.90 Å². The summed E-state index contributed by atoms with van der Waals surface area (Å²) in [5.41, 5.74) is 0. The number of sulfone groups is 1. The first-order valence-corrected chi connectivity index (χ1v) is 7.47. The number of rotatable bonds is 2. The van der Waals surface area contributed by atoms with Crippen LogP contribution in [0.25, 0.3) is 0 Å². The van der Waals surface area contributed by atoms with E-state index in [1.807, 2.05) is 4.90 Å². The minimum Gasteiger partial charge on any atom is -0.481 e. The van der Waals surface area contributed by atoms with E-state index in [2.05, 4.69) is 0 Å². The van der Waals surface area contributed by atoms with Crippen molar-refractivity contribution < 1.29 is 18.3 Å². The summed E-state index contributed by atoms with van der Waals surface area (Å²) in [6.45, 7) is 1.35. The highest BCUT2D eigenvalue weighted by Gasteiger charge is 2.35. The Bertz CT molecular complexity index is 378. The normalized spacial score (nSPS) is 35.0. The van der Waals surface area contributed by atoms with Crippen LogP contribution in [0.1, 0.15) is 19.3 Å². The number of aliphatic carboxylic acids is 1. The van der Waals surface area contributed by atoms with Gasteiger partial charge in [-0.15, -0.1) is 0 Å². The fourth-order valence-corrected chi connectivity index (χ4v) is 4.36. The Labute approximate surface area is 95.4 Å². The van der Waals surface area contributed by atoms with Crippen LogP contribution < -0.4 is 0 Å². The zero-order chi connectivity index (χ0) is 11.8. The van der Waals surface area contributed by atoms with Crippen LogP contribution in [0.2, 0.25) is 0 Å². The Morgan fingerprint density at radius 3 is 2.62 bits per heavy atom. The van der Waals surface area contributed by atoms with Crippen molar-refractivity contribution in [2.24, 2.45) is 5.92 Å². The van der Waals surface area contributed by atoms with Gasteiger partial charge >= 0.3 is 5.97 Å². The predicted octanol–water partition coefficient (Wildman–Crippen LogP) is -0.0299. The highest BCUT2D eigenvalue weighted by molar-refractivity contribution is 7.91. The fraction of sp³-hybridized carbons (Fsp3) is 0.900. The predicted molar refractivity (Wildman–Crippen MR) is 59.0 cm³/mol. The molecule has 0 unspecified atom stereocenters. The third-order valence-electron chi connectivity index (χ3n) is 3.53. The van der Waals surface area contributed by atoms with Gasteiger partial charge in [-0.2, -0.15) is 0 Å². The van der Waals surface area contributed by atoms with Gasteiger partial charge in [0.2, 0.25) is 0 Å². The number of likely N-dealkylation sites (tertiary alicyclic amines) is 1. The molecule has 5 nitrogen and oxygen atoms in total. The number of nitrogens with zero attached hydrogens (tertiary/aromatic N) is 1. The molecule has 0 aliphatic carbocycles. The summed E-state index contributed by atoms with van der Waals surface area (Å²) >= 11 is 0. The minimum atomic E-state index is -2.87. The molecule has 2 heterocycles. The van der Waals surface area contributed by atoms with Crippen LogP contribution in [0, 0.1) is 5.92 Å². The lowest BCUT2D eigenvalue weighted by molar-refractivity contribution is -0.143. The number of hydrogen-bond donors (Lipinski definition) is 1. The second-order valence-electron chi connectivity index (χ2n) is 4.73. The van der Waals surface area contributed by atoms with Crippen LogP contribution in [0.4, 0.5) is 0 Å². The Morgan fingerprint density at radius 2 is 2.06 bits per heavy atom. The SMILES string of the molecule is O=C(O)[C@@H]1CCCN([C@H]2CCS(=O)(=O)C2)C1. The zero-order valence-electron chi connectivity index (χ0n) is 9.13. The summed E-state index contributed by atoms with van der Waals surface area (Å²) in [6.07, 6.45) is 2.23. The molecule has 0 aromatic heterocycles. The van der Waals surface area contributed by atoms with E-state index in [0.29, 0.717) is 19.4 Å². The van der Waals surface area contributed by atoms with Gasteiger partial charge in [-0.3, -0.25) is 9.69 Å². The van der Waals surface area contributed by atoms with Crippen LogP contribution in [0.5, 0.6) is 0 Å². The molecule has 0 aromatic carbocycles. The number of carboxylic acids is 1. The summed E-state index contributed by atoms with van der Waals surface area (Å²) in [5, 5.41) is 8.96. The van der Waals surface area contributed by atoms with Crippen LogP contribution in [0.15, 0.2) is 0 Å². The van der Waals surface area contributed by atoms with E-state index in [0.717, 1.165) is 13.0 Å². The van der Waals surface area contributed by atoms with Crippen molar-refractivity contribution in [2.75, 3.05) is 24.6 Å². The molecule has 2 atom stereocenters. The topological polar surface area (TPSA) is 74.7 Å². The van der Waals surface area contributed by atoms with Crippen molar-refractivity contribution >= 4 is 15.8 Å². The molecule has 2 aliphatic heterocycles. The van der Waals surface area contributed by atoms with Crippen molar-refractivity contribution in [3.05, 3.63) is 0 Å². The van der Waals surface area contributed by atoms with E-state index in [1.54, 1.807) is 0 Å². The number of hydrogen-bond acceptors (Lipinski definition) is 4. The molecule has 0 radical (unpaired) electrons. The quantitative estimate of drug-likeness (QED) is 0.741. The summed E-state index contributed by atoms with van der Waals surface area (Å²) in [6, 6.07) is 0.0483. The maximum atomic E-state index is 11.4. The molecule has 6 heteroatoms. The lowest BCUT2D eigenvalue weighted by atomic mass is 9.97. The van der Waals surface area contributed by atoms with E-state index >= 15 is 0 Å². The smallest absolute Gasteiger partial charge is 0.307 e. The monoisotopic (exact) mass is 247 g/mol. The lowest BCUT2D eigenvalue weighted by Gasteiger charge is -2.34. The summed E-state index contributed by atoms with van der Waals surface area (Å²) in [7, 11) is -2.87. The molecule has 0 bridgehead atoms. The standard InChI is InChI=1S/C10H17NO4S/c12-10(13)8-2-1-4-11(6-8)9-3-5-16(14,15)7-9/h8-9H,1-7H2,(H,12,13)/t8-,9+/m1/s1. The van der Waals surface area contributed by atoms with Crippen molar-refractivity contribution in [3.63, 3.8) is 0 Å². The molecule has 0 amide bonds. The molecule has 2 aliphatic rings. The molecule has 2 rings (SSSR count). The van der Waals surface area contributed by atoms with E-state index < -0.39 is 15.8 Å². The second kappa shape index (κ2) is 4.33. The van der Waals surface area contributed by atoms with Gasteiger partial charge in [0, 0.05) is 12.6 Å². The van der Waals surface area contributed by atoms with Crippen molar-refractivity contribution in [1.29, 1.82) is 0 Å². The third-order valence-corrected chi connectivity index (χ3v) is 5.28. The first-order valence-electron chi connectivity index (χ1n) is 5.65. The minimum absolute atomic E-state index is 0.0483. The Balaban J connectivity index is 1.98. The molecule has 2 saturated heterocycles. The molecular formula is C10H17NO4S. The van der Waals surface area contributed by atoms with Gasteiger partial charge in [-0.25, -0.2) is 8.42 Å². The fourth-order valence-electron chi connectivity index (χ4n) is 2.60. The molecule has 1 N–H and O–H groups in total. The van der Waals surface area contributed by atoms with Gasteiger partial charge < -0.3 is 5.11 Å². The zero-order valence-corrected chi connectivity index (χ0v) is 9.95. The highest BCUT2D eigenvalue weighted by atomic mass is 32.2. The third kappa shape index (κ3) is 2.55. The lowest BCUT2D eigenvalue weighted by Crippen LogP contribution is -2.45. The number of piperidine rings is 1. The summed E-state index contributed by atoms with van der Waals surface area (Å²) in [4.78, 5) is 12.9. The maximum absolute atomic E-state index is 11.4. The average molecular weight is 247 g/mol. The largest absolute Gasteiger partial charge is 0.481 e. The van der Waals surface area contributed by atoms with Crippen LogP contribution in [-0.2, 0) is 14.6 Å². The second-order valence-corrected chi connectivity index (χ2v) is 6.96. The van der Waals surface area contributed by atoms with Crippen LogP contribution in [-0.4, -0.2) is 55.0 Å². The molecule has 0 saturated carbocycles. The molecule has 0 spiro atoms. The van der Waals surface area contributed by atoms with Gasteiger partial charge in [0.25, 0.3) is 0 Å². The van der Waals surface area contributed by atoms with Gasteiger partial charge in [0.1, 0.15) is 0 Å². The Hall–Kier alpha value is -0.620. The van der Waals surface area contributed by atoms with Gasteiger partial charge in [0.15, 0.2) is 9.84 Å². The van der Waals surface area contributed by atoms with Crippen LogP contribution >= 0.6 is 0 Å². The maximum Gasteiger partial charge on any atom is 0.307 e. The summed E-state index contributed by atoms with van der Waals surface area (Å²) in [5.74, 6) is -0.617. The molecule has 92 valence electrons. The van der Waals surface area contributed by atoms with E-state index in [-0.39, 0.29) is 23.5 Å². The number of carbonyl (C=O) groups is 1.